The molecule has 162 valence electrons. The molecule has 0 fully saturated rings. The summed E-state index contributed by atoms with van der Waals surface area (Å²) in [7, 11) is 0. The molecular weight excluding hydrogens is 436 g/mol. The molecule has 3 aromatic rings. The highest BCUT2D eigenvalue weighted by molar-refractivity contribution is 7.12. The predicted octanol–water partition coefficient (Wildman–Crippen LogP) is 4.53. The van der Waals surface area contributed by atoms with Crippen LogP contribution in [-0.2, 0) is 9.59 Å². The summed E-state index contributed by atoms with van der Waals surface area (Å²) in [5.41, 5.74) is -1.23. The van der Waals surface area contributed by atoms with Crippen molar-refractivity contribution in [2.45, 2.75) is 6.92 Å². The van der Waals surface area contributed by atoms with Gasteiger partial charge >= 0.3 is 0 Å². The minimum absolute atomic E-state index is 0.0887. The number of nitro benzene ring substituents is 2. The van der Waals surface area contributed by atoms with Crippen LogP contribution in [0.3, 0.4) is 0 Å². The molecule has 0 radical (unpaired) electrons. The Morgan fingerprint density at radius 2 is 1.28 bits per heavy atom. The molecule has 1 aromatic heterocycles. The summed E-state index contributed by atoms with van der Waals surface area (Å²) in [6.45, 7) is 1.85. The lowest BCUT2D eigenvalue weighted by molar-refractivity contribution is -0.384. The first-order valence-corrected chi connectivity index (χ1v) is 9.95. The van der Waals surface area contributed by atoms with Crippen LogP contribution in [0, 0.1) is 27.2 Å². The number of carbonyl (C=O) groups is 2. The van der Waals surface area contributed by atoms with Gasteiger partial charge in [0, 0.05) is 21.9 Å². The Morgan fingerprint density at radius 3 is 1.69 bits per heavy atom. The third kappa shape index (κ3) is 5.21. The van der Waals surface area contributed by atoms with Gasteiger partial charge in [0.05, 0.1) is 9.85 Å². The number of amides is 2. The van der Waals surface area contributed by atoms with Crippen molar-refractivity contribution in [3.63, 3.8) is 0 Å². The third-order valence-electron chi connectivity index (χ3n) is 4.23. The molecule has 0 spiro atoms. The van der Waals surface area contributed by atoms with E-state index in [1.165, 1.54) is 65.9 Å². The van der Waals surface area contributed by atoms with Gasteiger partial charge in [-0.25, -0.2) is 0 Å². The second kappa shape index (κ2) is 9.62. The first-order chi connectivity index (χ1) is 15.3. The molecule has 0 atom stereocenters. The van der Waals surface area contributed by atoms with E-state index in [1.54, 1.807) is 12.1 Å². The summed E-state index contributed by atoms with van der Waals surface area (Å²) >= 11 is 1.33. The number of benzene rings is 2. The molecular formula is C21H16N4O6S. The van der Waals surface area contributed by atoms with Crippen molar-refractivity contribution in [2.75, 3.05) is 10.6 Å². The fraction of sp³-hybridized carbons (Fsp3) is 0.0476. The lowest BCUT2D eigenvalue weighted by atomic mass is 10.1. The maximum absolute atomic E-state index is 13.0. The van der Waals surface area contributed by atoms with E-state index in [4.69, 9.17) is 0 Å². The Bertz CT molecular complexity index is 1180. The third-order valence-corrected chi connectivity index (χ3v) is 5.18. The maximum Gasteiger partial charge on any atom is 0.292 e. The topological polar surface area (TPSA) is 144 Å². The highest BCUT2D eigenvalue weighted by Gasteiger charge is 2.24. The van der Waals surface area contributed by atoms with E-state index in [1.807, 2.05) is 6.92 Å². The maximum atomic E-state index is 13.0. The monoisotopic (exact) mass is 452 g/mol. The summed E-state index contributed by atoms with van der Waals surface area (Å²) in [6, 6.07) is 14.5. The molecule has 0 aliphatic rings. The molecule has 0 bridgehead atoms. The zero-order chi connectivity index (χ0) is 23.3. The van der Waals surface area contributed by atoms with E-state index < -0.39 is 21.7 Å². The van der Waals surface area contributed by atoms with Gasteiger partial charge in [-0.2, -0.15) is 0 Å². The summed E-state index contributed by atoms with van der Waals surface area (Å²) < 4.78 is 0. The van der Waals surface area contributed by atoms with E-state index in [0.29, 0.717) is 4.88 Å². The van der Waals surface area contributed by atoms with Gasteiger partial charge < -0.3 is 10.6 Å². The van der Waals surface area contributed by atoms with E-state index in [-0.39, 0.29) is 28.3 Å². The quantitative estimate of drug-likeness (QED) is 0.177. The van der Waals surface area contributed by atoms with Crippen molar-refractivity contribution in [2.24, 2.45) is 0 Å². The Kier molecular flexibility index (Phi) is 6.71. The Hall–Kier alpha value is -4.38. The van der Waals surface area contributed by atoms with Gasteiger partial charge in [-0.3, -0.25) is 29.8 Å². The second-order valence-electron chi connectivity index (χ2n) is 6.46. The van der Waals surface area contributed by atoms with E-state index in [2.05, 4.69) is 10.6 Å². The van der Waals surface area contributed by atoms with Crippen LogP contribution >= 0.6 is 11.3 Å². The minimum atomic E-state index is -0.901. The number of aryl methyl sites for hydroxylation is 1. The smallest absolute Gasteiger partial charge is 0.292 e. The fourth-order valence-corrected chi connectivity index (χ4v) is 3.58. The molecule has 0 saturated carbocycles. The number of nitrogens with zero attached hydrogens (tertiary/aromatic N) is 2. The summed E-state index contributed by atoms with van der Waals surface area (Å²) in [5, 5.41) is 27.3. The Morgan fingerprint density at radius 1 is 0.812 bits per heavy atom. The normalized spacial score (nSPS) is 10.2. The Balaban J connectivity index is 1.97. The molecule has 0 saturated heterocycles. The number of hydrogen-bond donors (Lipinski definition) is 2. The van der Waals surface area contributed by atoms with Crippen LogP contribution in [0.2, 0.25) is 0 Å². The van der Waals surface area contributed by atoms with E-state index in [0.717, 1.165) is 4.88 Å². The van der Waals surface area contributed by atoms with Crippen LogP contribution in [0.4, 0.5) is 22.7 Å². The fourth-order valence-electron chi connectivity index (χ4n) is 2.76. The van der Waals surface area contributed by atoms with Crippen molar-refractivity contribution < 1.29 is 19.4 Å². The lowest BCUT2D eigenvalue weighted by Crippen LogP contribution is -2.25. The van der Waals surface area contributed by atoms with Crippen molar-refractivity contribution in [1.82, 2.24) is 0 Å². The number of carbonyl (C=O) groups excluding carboxylic acids is 2. The molecule has 0 aliphatic carbocycles. The molecule has 32 heavy (non-hydrogen) atoms. The van der Waals surface area contributed by atoms with Gasteiger partial charge in [0.25, 0.3) is 23.2 Å². The lowest BCUT2D eigenvalue weighted by Gasteiger charge is -2.10. The summed E-state index contributed by atoms with van der Waals surface area (Å²) in [6.07, 6.45) is 1.33. The predicted molar refractivity (Wildman–Crippen MR) is 120 cm³/mol. The van der Waals surface area contributed by atoms with Crippen molar-refractivity contribution in [3.8, 4) is 0 Å². The minimum Gasteiger partial charge on any atom is -0.316 e. The number of nitrogens with one attached hydrogen (secondary N) is 2. The average molecular weight is 452 g/mol. The van der Waals surface area contributed by atoms with Crippen LogP contribution < -0.4 is 10.6 Å². The summed E-state index contributed by atoms with van der Waals surface area (Å²) in [4.78, 5) is 48.6. The first kappa shape index (κ1) is 22.3. The van der Waals surface area contributed by atoms with Crippen LogP contribution in [0.1, 0.15) is 9.75 Å². The van der Waals surface area contributed by atoms with Crippen LogP contribution in [0.25, 0.3) is 6.08 Å². The molecule has 2 aromatic carbocycles. The molecule has 1 heterocycles. The molecule has 11 heteroatoms. The first-order valence-electron chi connectivity index (χ1n) is 9.14. The van der Waals surface area contributed by atoms with Crippen LogP contribution in [-0.4, -0.2) is 21.7 Å². The molecule has 2 N–H and O–H groups in total. The number of nitro groups is 2. The van der Waals surface area contributed by atoms with Gasteiger partial charge in [0.2, 0.25) is 0 Å². The van der Waals surface area contributed by atoms with Crippen LogP contribution in [0.15, 0.2) is 66.2 Å². The standard InChI is InChI=1S/C21H16N4O6S/c1-13-10-11-14(32-13)12-15(20(26)22-16-6-2-4-8-18(16)24(28)29)21(27)23-17-7-3-5-9-19(17)25(30)31/h2-12H,1H3,(H,22,26)(H,23,27). The van der Waals surface area contributed by atoms with Gasteiger partial charge in [0.15, 0.2) is 0 Å². The van der Waals surface area contributed by atoms with Crippen molar-refractivity contribution >= 4 is 52.0 Å². The van der Waals surface area contributed by atoms with Gasteiger partial charge in [-0.1, -0.05) is 24.3 Å². The molecule has 0 aliphatic heterocycles. The number of para-hydroxylation sites is 4. The largest absolute Gasteiger partial charge is 0.316 e. The Labute approximate surface area is 185 Å². The van der Waals surface area contributed by atoms with Gasteiger partial charge in [-0.15, -0.1) is 11.3 Å². The number of hydrogen-bond acceptors (Lipinski definition) is 7. The van der Waals surface area contributed by atoms with Gasteiger partial charge in [0.1, 0.15) is 16.9 Å². The zero-order valence-corrected chi connectivity index (χ0v) is 17.4. The average Bonchev–Trinajstić information content (AvgIpc) is 3.17. The van der Waals surface area contributed by atoms with Crippen LogP contribution in [0.5, 0.6) is 0 Å². The second-order valence-corrected chi connectivity index (χ2v) is 7.78. The molecule has 0 unspecified atom stereocenters. The van der Waals surface area contributed by atoms with Gasteiger partial charge in [-0.05, 0) is 37.3 Å². The zero-order valence-electron chi connectivity index (χ0n) is 16.6. The number of anilines is 2. The highest BCUT2D eigenvalue weighted by atomic mass is 32.1. The molecule has 2 amide bonds. The summed E-state index contributed by atoms with van der Waals surface area (Å²) in [5.74, 6) is -1.80. The number of rotatable bonds is 7. The van der Waals surface area contributed by atoms with E-state index in [9.17, 15) is 29.8 Å². The number of thiophene rings is 1. The molecule has 3 rings (SSSR count). The van der Waals surface area contributed by atoms with Crippen molar-refractivity contribution in [3.05, 3.63) is 96.2 Å². The SMILES string of the molecule is Cc1ccc(C=C(C(=O)Nc2ccccc2[N+](=O)[O-])C(=O)Nc2ccccc2[N+](=O)[O-])s1. The molecule has 10 nitrogen and oxygen atoms in total. The van der Waals surface area contributed by atoms with Crippen molar-refractivity contribution in [1.29, 1.82) is 0 Å². The highest BCUT2D eigenvalue weighted by Crippen LogP contribution is 2.27. The van der Waals surface area contributed by atoms with E-state index >= 15 is 0 Å².